The molecule has 0 N–H and O–H groups in total. The highest BCUT2D eigenvalue weighted by molar-refractivity contribution is 7.22. The molecule has 0 atom stereocenters. The van der Waals surface area contributed by atoms with E-state index in [9.17, 15) is 4.79 Å². The molecule has 0 aliphatic carbocycles. The predicted molar refractivity (Wildman–Crippen MR) is 102 cm³/mol. The largest absolute Gasteiger partial charge is 0.495 e. The normalized spacial score (nSPS) is 14.6. The molecular formula is C18H20N4O4S. The van der Waals surface area contributed by atoms with Gasteiger partial charge in [0.05, 0.1) is 19.9 Å². The number of rotatable bonds is 4. The molecule has 1 aromatic carbocycles. The van der Waals surface area contributed by atoms with Crippen molar-refractivity contribution in [1.29, 1.82) is 0 Å². The van der Waals surface area contributed by atoms with Gasteiger partial charge < -0.3 is 23.8 Å². The van der Waals surface area contributed by atoms with E-state index < -0.39 is 0 Å². The van der Waals surface area contributed by atoms with Crippen molar-refractivity contribution in [2.24, 2.45) is 0 Å². The second-order valence-corrected chi connectivity index (χ2v) is 7.23. The Kier molecular flexibility index (Phi) is 4.61. The molecule has 0 saturated carbocycles. The fourth-order valence-corrected chi connectivity index (χ4v) is 4.26. The molecule has 2 aromatic heterocycles. The van der Waals surface area contributed by atoms with Gasteiger partial charge in [-0.1, -0.05) is 16.5 Å². The van der Waals surface area contributed by atoms with Crippen LogP contribution in [-0.2, 0) is 0 Å². The van der Waals surface area contributed by atoms with Crippen molar-refractivity contribution in [1.82, 2.24) is 15.0 Å². The molecule has 4 rings (SSSR count). The number of methoxy groups -OCH3 is 2. The molecule has 27 heavy (non-hydrogen) atoms. The standard InChI is InChI=1S/C18H20N4O4S/c1-11-10-14(26-20-11)17(23)21-6-8-22(9-7-21)18-19-15-12(24-2)4-5-13(25-3)16(15)27-18/h4-5,10H,6-9H2,1-3H3. The Morgan fingerprint density at radius 3 is 2.48 bits per heavy atom. The monoisotopic (exact) mass is 388 g/mol. The number of anilines is 1. The van der Waals surface area contributed by atoms with Crippen LogP contribution in [0.15, 0.2) is 22.7 Å². The number of aromatic nitrogens is 2. The molecule has 8 nitrogen and oxygen atoms in total. The Morgan fingerprint density at radius 2 is 1.85 bits per heavy atom. The van der Waals surface area contributed by atoms with Crippen LogP contribution in [0.5, 0.6) is 11.5 Å². The van der Waals surface area contributed by atoms with Crippen molar-refractivity contribution in [3.63, 3.8) is 0 Å². The molecule has 0 spiro atoms. The minimum Gasteiger partial charge on any atom is -0.495 e. The van der Waals surface area contributed by atoms with Crippen LogP contribution in [0.4, 0.5) is 5.13 Å². The Balaban J connectivity index is 1.52. The lowest BCUT2D eigenvalue weighted by Crippen LogP contribution is -2.48. The summed E-state index contributed by atoms with van der Waals surface area (Å²) < 4.78 is 16.9. The molecule has 1 aliphatic heterocycles. The molecule has 142 valence electrons. The van der Waals surface area contributed by atoms with Crippen molar-refractivity contribution in [3.05, 3.63) is 29.7 Å². The lowest BCUT2D eigenvalue weighted by Gasteiger charge is -2.33. The van der Waals surface area contributed by atoms with Crippen molar-refractivity contribution in [2.75, 3.05) is 45.3 Å². The van der Waals surface area contributed by atoms with E-state index in [1.54, 1.807) is 43.4 Å². The summed E-state index contributed by atoms with van der Waals surface area (Å²) in [5.74, 6) is 1.67. The first-order chi connectivity index (χ1) is 13.1. The van der Waals surface area contributed by atoms with Gasteiger partial charge in [-0.05, 0) is 19.1 Å². The van der Waals surface area contributed by atoms with Gasteiger partial charge in [0.1, 0.15) is 21.7 Å². The third kappa shape index (κ3) is 3.18. The van der Waals surface area contributed by atoms with Gasteiger partial charge in [-0.25, -0.2) is 4.98 Å². The van der Waals surface area contributed by atoms with E-state index in [0.717, 1.165) is 26.8 Å². The number of aryl methyl sites for hydroxylation is 1. The van der Waals surface area contributed by atoms with Gasteiger partial charge >= 0.3 is 0 Å². The summed E-state index contributed by atoms with van der Waals surface area (Å²) in [7, 11) is 3.28. The zero-order valence-electron chi connectivity index (χ0n) is 15.4. The summed E-state index contributed by atoms with van der Waals surface area (Å²) >= 11 is 1.57. The van der Waals surface area contributed by atoms with Gasteiger partial charge in [0.2, 0.25) is 5.76 Å². The molecule has 1 fully saturated rings. The highest BCUT2D eigenvalue weighted by Crippen LogP contribution is 2.40. The number of carbonyl (C=O) groups is 1. The maximum Gasteiger partial charge on any atom is 0.292 e. The topological polar surface area (TPSA) is 80.9 Å². The first kappa shape index (κ1) is 17.6. The lowest BCUT2D eigenvalue weighted by molar-refractivity contribution is 0.0704. The molecule has 1 aliphatic rings. The van der Waals surface area contributed by atoms with Crippen LogP contribution in [0.2, 0.25) is 0 Å². The first-order valence-corrected chi connectivity index (χ1v) is 9.41. The second kappa shape index (κ2) is 7.07. The van der Waals surface area contributed by atoms with Crippen LogP contribution in [-0.4, -0.2) is 61.3 Å². The number of amides is 1. The molecule has 1 saturated heterocycles. The summed E-state index contributed by atoms with van der Waals surface area (Å²) in [5.41, 5.74) is 1.50. The number of thiazole rings is 1. The fourth-order valence-electron chi connectivity index (χ4n) is 3.13. The molecule has 0 unspecified atom stereocenters. The van der Waals surface area contributed by atoms with E-state index >= 15 is 0 Å². The fraction of sp³-hybridized carbons (Fsp3) is 0.389. The van der Waals surface area contributed by atoms with Crippen LogP contribution < -0.4 is 14.4 Å². The molecular weight excluding hydrogens is 368 g/mol. The molecule has 9 heteroatoms. The molecule has 0 radical (unpaired) electrons. The van der Waals surface area contributed by atoms with Crippen LogP contribution in [0.1, 0.15) is 16.2 Å². The van der Waals surface area contributed by atoms with Gasteiger partial charge in [0, 0.05) is 32.2 Å². The van der Waals surface area contributed by atoms with Crippen LogP contribution >= 0.6 is 11.3 Å². The number of benzene rings is 1. The van der Waals surface area contributed by atoms with Gasteiger partial charge in [-0.2, -0.15) is 0 Å². The van der Waals surface area contributed by atoms with E-state index in [1.165, 1.54) is 0 Å². The number of ether oxygens (including phenoxy) is 2. The third-order valence-electron chi connectivity index (χ3n) is 4.58. The summed E-state index contributed by atoms with van der Waals surface area (Å²) in [5, 5.41) is 4.69. The van der Waals surface area contributed by atoms with Crippen LogP contribution in [0.25, 0.3) is 10.2 Å². The molecule has 1 amide bonds. The maximum absolute atomic E-state index is 12.5. The van der Waals surface area contributed by atoms with Gasteiger partial charge in [0.25, 0.3) is 5.91 Å². The third-order valence-corrected chi connectivity index (χ3v) is 5.71. The number of carbonyl (C=O) groups excluding carboxylic acids is 1. The van der Waals surface area contributed by atoms with E-state index in [4.69, 9.17) is 19.0 Å². The molecule has 0 bridgehead atoms. The first-order valence-electron chi connectivity index (χ1n) is 8.59. The van der Waals surface area contributed by atoms with Crippen LogP contribution in [0, 0.1) is 6.92 Å². The minimum atomic E-state index is -0.122. The van der Waals surface area contributed by atoms with Crippen molar-refractivity contribution >= 4 is 32.6 Å². The quantitative estimate of drug-likeness (QED) is 0.679. The Hall–Kier alpha value is -2.81. The minimum absolute atomic E-state index is 0.122. The molecule has 3 heterocycles. The predicted octanol–water partition coefficient (Wildman–Crippen LogP) is 2.57. The summed E-state index contributed by atoms with van der Waals surface area (Å²) in [6.07, 6.45) is 0. The highest BCUT2D eigenvalue weighted by Gasteiger charge is 2.26. The van der Waals surface area contributed by atoms with Gasteiger partial charge in [-0.15, -0.1) is 0 Å². The number of hydrogen-bond acceptors (Lipinski definition) is 8. The summed E-state index contributed by atoms with van der Waals surface area (Å²) in [6, 6.07) is 5.42. The Bertz CT molecular complexity index is 934. The number of piperazine rings is 1. The number of hydrogen-bond donors (Lipinski definition) is 0. The Morgan fingerprint density at radius 1 is 1.15 bits per heavy atom. The van der Waals surface area contributed by atoms with Gasteiger partial charge in [0.15, 0.2) is 5.13 Å². The number of fused-ring (bicyclic) bond motifs is 1. The summed E-state index contributed by atoms with van der Waals surface area (Å²) in [6.45, 7) is 4.39. The van der Waals surface area contributed by atoms with Crippen molar-refractivity contribution < 1.29 is 18.8 Å². The zero-order chi connectivity index (χ0) is 19.0. The van der Waals surface area contributed by atoms with E-state index in [1.807, 2.05) is 12.1 Å². The van der Waals surface area contributed by atoms with E-state index in [2.05, 4.69) is 10.1 Å². The van der Waals surface area contributed by atoms with Crippen molar-refractivity contribution in [3.8, 4) is 11.5 Å². The van der Waals surface area contributed by atoms with Crippen molar-refractivity contribution in [2.45, 2.75) is 6.92 Å². The van der Waals surface area contributed by atoms with E-state index in [0.29, 0.717) is 31.9 Å². The second-order valence-electron chi connectivity index (χ2n) is 6.26. The SMILES string of the molecule is COc1ccc(OC)c2sc(N3CCN(C(=O)c4cc(C)no4)CC3)nc12. The zero-order valence-corrected chi connectivity index (χ0v) is 16.2. The highest BCUT2D eigenvalue weighted by atomic mass is 32.1. The van der Waals surface area contributed by atoms with Gasteiger partial charge in [-0.3, -0.25) is 4.79 Å². The Labute approximate surface area is 160 Å². The average molecular weight is 388 g/mol. The van der Waals surface area contributed by atoms with E-state index in [-0.39, 0.29) is 11.7 Å². The molecule has 3 aromatic rings. The van der Waals surface area contributed by atoms with Crippen LogP contribution in [0.3, 0.4) is 0 Å². The number of nitrogens with zero attached hydrogens (tertiary/aromatic N) is 4. The lowest BCUT2D eigenvalue weighted by atomic mass is 10.3. The maximum atomic E-state index is 12.5. The smallest absolute Gasteiger partial charge is 0.292 e. The summed E-state index contributed by atoms with van der Waals surface area (Å²) in [4.78, 5) is 21.2. The average Bonchev–Trinajstić information content (AvgIpc) is 3.33.